The van der Waals surface area contributed by atoms with Gasteiger partial charge in [0, 0.05) is 4.47 Å². The number of nitrogens with zero attached hydrogens (tertiary/aromatic N) is 1. The van der Waals surface area contributed by atoms with E-state index in [2.05, 4.69) is 21.2 Å². The topological polar surface area (TPSA) is 49.4 Å². The van der Waals surface area contributed by atoms with Crippen LogP contribution in [0, 0.1) is 0 Å². The van der Waals surface area contributed by atoms with Crippen molar-refractivity contribution in [2.24, 2.45) is 0 Å². The molecule has 1 aliphatic rings. The first-order valence-electron chi connectivity index (χ1n) is 5.70. The Bertz CT molecular complexity index is 551. The van der Waals surface area contributed by atoms with Crippen molar-refractivity contribution in [1.29, 1.82) is 0 Å². The van der Waals surface area contributed by atoms with Gasteiger partial charge in [-0.25, -0.2) is 0 Å². The zero-order chi connectivity index (χ0) is 14.2. The molecule has 2 rings (SSSR count). The van der Waals surface area contributed by atoms with Crippen LogP contribution in [-0.4, -0.2) is 24.4 Å². The van der Waals surface area contributed by atoms with Crippen LogP contribution in [0.5, 0.6) is 0 Å². The molecule has 0 spiro atoms. The van der Waals surface area contributed by atoms with Gasteiger partial charge in [-0.1, -0.05) is 30.1 Å². The summed E-state index contributed by atoms with van der Waals surface area (Å²) < 4.78 is 0.643. The number of anilines is 1. The standard InChI is InChI=1S/C12H11BrCl2N2O2/c1-2-7-12(19)16-5-9(18)17(7)8-4-3-6(13)10(14)11(8)15/h3-4,7H,2,5H2,1H3,(H,16,19). The van der Waals surface area contributed by atoms with Crippen molar-refractivity contribution >= 4 is 56.6 Å². The first-order chi connectivity index (χ1) is 8.97. The number of carbonyl (C=O) groups excluding carboxylic acids is 2. The Morgan fingerprint density at radius 3 is 2.68 bits per heavy atom. The van der Waals surface area contributed by atoms with Crippen LogP contribution in [0.1, 0.15) is 13.3 Å². The molecule has 0 radical (unpaired) electrons. The lowest BCUT2D eigenvalue weighted by molar-refractivity contribution is -0.131. The minimum atomic E-state index is -0.559. The summed E-state index contributed by atoms with van der Waals surface area (Å²) >= 11 is 15.5. The van der Waals surface area contributed by atoms with Crippen LogP contribution in [0.2, 0.25) is 10.0 Å². The number of hydrogen-bond acceptors (Lipinski definition) is 2. The monoisotopic (exact) mass is 364 g/mol. The maximum absolute atomic E-state index is 12.1. The predicted molar refractivity (Wildman–Crippen MR) is 78.7 cm³/mol. The molecule has 2 amide bonds. The van der Waals surface area contributed by atoms with Crippen LogP contribution < -0.4 is 10.2 Å². The van der Waals surface area contributed by atoms with Crippen molar-refractivity contribution in [2.45, 2.75) is 19.4 Å². The van der Waals surface area contributed by atoms with Crippen molar-refractivity contribution in [3.05, 3.63) is 26.7 Å². The molecule has 1 aromatic rings. The van der Waals surface area contributed by atoms with Gasteiger partial charge >= 0.3 is 0 Å². The molecular weight excluding hydrogens is 355 g/mol. The van der Waals surface area contributed by atoms with Gasteiger partial charge in [0.2, 0.25) is 11.8 Å². The Kier molecular flexibility index (Phi) is 4.38. The number of amides is 2. The van der Waals surface area contributed by atoms with Crippen molar-refractivity contribution in [3.8, 4) is 0 Å². The predicted octanol–water partition coefficient (Wildman–Crippen LogP) is 3.00. The SMILES string of the molecule is CCC1C(=O)NCC(=O)N1c1ccc(Br)c(Cl)c1Cl. The summed E-state index contributed by atoms with van der Waals surface area (Å²) in [6.07, 6.45) is 0.502. The molecule has 4 nitrogen and oxygen atoms in total. The third kappa shape index (κ3) is 2.59. The number of piperazine rings is 1. The van der Waals surface area contributed by atoms with Crippen molar-refractivity contribution in [3.63, 3.8) is 0 Å². The Balaban J connectivity index is 2.51. The van der Waals surface area contributed by atoms with Gasteiger partial charge in [-0.3, -0.25) is 14.5 Å². The van der Waals surface area contributed by atoms with Gasteiger partial charge < -0.3 is 5.32 Å². The summed E-state index contributed by atoms with van der Waals surface area (Å²) in [5.74, 6) is -0.385. The zero-order valence-corrected chi connectivity index (χ0v) is 13.1. The Morgan fingerprint density at radius 1 is 1.37 bits per heavy atom. The Labute approximate surface area is 129 Å². The smallest absolute Gasteiger partial charge is 0.247 e. The zero-order valence-electron chi connectivity index (χ0n) is 10.0. The number of halogens is 3. The van der Waals surface area contributed by atoms with E-state index in [1.807, 2.05) is 6.92 Å². The van der Waals surface area contributed by atoms with E-state index < -0.39 is 6.04 Å². The molecule has 1 unspecified atom stereocenters. The van der Waals surface area contributed by atoms with Gasteiger partial charge in [0.25, 0.3) is 0 Å². The second-order valence-electron chi connectivity index (χ2n) is 4.10. The molecule has 19 heavy (non-hydrogen) atoms. The summed E-state index contributed by atoms with van der Waals surface area (Å²) in [5.41, 5.74) is 0.460. The van der Waals surface area contributed by atoms with Gasteiger partial charge in [0.1, 0.15) is 6.04 Å². The molecule has 1 fully saturated rings. The first kappa shape index (κ1) is 14.6. The highest BCUT2D eigenvalue weighted by molar-refractivity contribution is 9.10. The fourth-order valence-electron chi connectivity index (χ4n) is 2.03. The summed E-state index contributed by atoms with van der Waals surface area (Å²) in [6, 6.07) is 2.82. The van der Waals surface area contributed by atoms with Crippen molar-refractivity contribution in [2.75, 3.05) is 11.4 Å². The molecule has 1 aromatic carbocycles. The second-order valence-corrected chi connectivity index (χ2v) is 5.71. The highest BCUT2D eigenvalue weighted by Crippen LogP contribution is 2.39. The van der Waals surface area contributed by atoms with E-state index in [-0.39, 0.29) is 23.4 Å². The van der Waals surface area contributed by atoms with E-state index in [0.717, 1.165) is 0 Å². The third-order valence-electron chi connectivity index (χ3n) is 2.96. The highest BCUT2D eigenvalue weighted by atomic mass is 79.9. The number of nitrogens with one attached hydrogen (secondary N) is 1. The van der Waals surface area contributed by atoms with Crippen molar-refractivity contribution in [1.82, 2.24) is 5.32 Å². The fraction of sp³-hybridized carbons (Fsp3) is 0.333. The molecule has 1 N–H and O–H groups in total. The highest BCUT2D eigenvalue weighted by Gasteiger charge is 2.35. The van der Waals surface area contributed by atoms with E-state index >= 15 is 0 Å². The molecule has 102 valence electrons. The summed E-state index contributed by atoms with van der Waals surface area (Å²) in [7, 11) is 0. The lowest BCUT2D eigenvalue weighted by Crippen LogP contribution is -2.58. The lowest BCUT2D eigenvalue weighted by Gasteiger charge is -2.35. The minimum absolute atomic E-state index is 0.0284. The maximum Gasteiger partial charge on any atom is 0.247 e. The quantitative estimate of drug-likeness (QED) is 0.819. The minimum Gasteiger partial charge on any atom is -0.345 e. The number of rotatable bonds is 2. The normalized spacial score (nSPS) is 19.6. The number of hydrogen-bond donors (Lipinski definition) is 1. The van der Waals surface area contributed by atoms with Crippen LogP contribution in [0.15, 0.2) is 16.6 Å². The van der Waals surface area contributed by atoms with Gasteiger partial charge in [-0.15, -0.1) is 0 Å². The molecule has 0 bridgehead atoms. The molecule has 1 saturated heterocycles. The van der Waals surface area contributed by atoms with Gasteiger partial charge in [0.05, 0.1) is 22.3 Å². The maximum atomic E-state index is 12.1. The van der Waals surface area contributed by atoms with Gasteiger partial charge in [-0.2, -0.15) is 0 Å². The van der Waals surface area contributed by atoms with Gasteiger partial charge in [-0.05, 0) is 34.5 Å². The molecule has 1 aliphatic heterocycles. The van der Waals surface area contributed by atoms with E-state index in [4.69, 9.17) is 23.2 Å². The van der Waals surface area contributed by atoms with E-state index in [1.54, 1.807) is 12.1 Å². The van der Waals surface area contributed by atoms with Crippen LogP contribution in [-0.2, 0) is 9.59 Å². The average Bonchev–Trinajstić information content (AvgIpc) is 2.39. The van der Waals surface area contributed by atoms with Crippen LogP contribution >= 0.6 is 39.1 Å². The lowest BCUT2D eigenvalue weighted by atomic mass is 10.1. The first-order valence-corrected chi connectivity index (χ1v) is 7.25. The Hall–Kier alpha value is -0.780. The molecular formula is C12H11BrCl2N2O2. The fourth-order valence-corrected chi connectivity index (χ4v) is 2.89. The summed E-state index contributed by atoms with van der Waals surface area (Å²) in [6.45, 7) is 1.81. The second kappa shape index (κ2) is 5.69. The van der Waals surface area contributed by atoms with Crippen molar-refractivity contribution < 1.29 is 9.59 Å². The summed E-state index contributed by atoms with van der Waals surface area (Å²) in [5, 5.41) is 3.15. The number of benzene rings is 1. The number of carbonyl (C=O) groups is 2. The molecule has 0 aliphatic carbocycles. The molecule has 1 atom stereocenters. The van der Waals surface area contributed by atoms with Crippen LogP contribution in [0.3, 0.4) is 0 Å². The largest absolute Gasteiger partial charge is 0.345 e. The van der Waals surface area contributed by atoms with E-state index in [0.29, 0.717) is 21.6 Å². The summed E-state index contributed by atoms with van der Waals surface area (Å²) in [4.78, 5) is 25.3. The molecule has 0 saturated carbocycles. The molecule has 7 heteroatoms. The average molecular weight is 366 g/mol. The van der Waals surface area contributed by atoms with E-state index in [1.165, 1.54) is 4.90 Å². The molecule has 0 aromatic heterocycles. The molecule has 1 heterocycles. The van der Waals surface area contributed by atoms with Crippen LogP contribution in [0.25, 0.3) is 0 Å². The van der Waals surface area contributed by atoms with E-state index in [9.17, 15) is 9.59 Å². The third-order valence-corrected chi connectivity index (χ3v) is 4.72. The van der Waals surface area contributed by atoms with Gasteiger partial charge in [0.15, 0.2) is 0 Å². The Morgan fingerprint density at radius 2 is 2.05 bits per heavy atom. The van der Waals surface area contributed by atoms with Crippen LogP contribution in [0.4, 0.5) is 5.69 Å².